The van der Waals surface area contributed by atoms with E-state index in [1.807, 2.05) is 0 Å². The van der Waals surface area contributed by atoms with Gasteiger partial charge in [0.15, 0.2) is 6.04 Å². The van der Waals surface area contributed by atoms with Crippen molar-refractivity contribution in [1.82, 2.24) is 20.8 Å². The van der Waals surface area contributed by atoms with Crippen LogP contribution in [0.5, 0.6) is 0 Å². The molecular formula is C10H16N4O4. The summed E-state index contributed by atoms with van der Waals surface area (Å²) < 4.78 is 4.71. The quantitative estimate of drug-likeness (QED) is 0.565. The molecule has 0 fully saturated rings. The molecule has 1 heterocycles. The van der Waals surface area contributed by atoms with Crippen LogP contribution >= 0.6 is 0 Å². The molecule has 100 valence electrons. The zero-order chi connectivity index (χ0) is 13.5. The van der Waals surface area contributed by atoms with Crippen molar-refractivity contribution >= 4 is 12.0 Å². The average Bonchev–Trinajstić information content (AvgIpc) is 2.81. The van der Waals surface area contributed by atoms with Crippen LogP contribution in [-0.4, -0.2) is 47.1 Å². The molecule has 0 aromatic carbocycles. The van der Waals surface area contributed by atoms with Crippen molar-refractivity contribution in [3.05, 3.63) is 18.0 Å². The SMILES string of the molecule is COCC(NC(=O)NC(C)c1cn[nH]c1)C(=O)O. The molecule has 2 unspecified atom stereocenters. The van der Waals surface area contributed by atoms with Gasteiger partial charge in [-0.1, -0.05) is 0 Å². The number of H-pyrrole nitrogens is 1. The number of ether oxygens (including phenoxy) is 1. The van der Waals surface area contributed by atoms with Gasteiger partial charge in [-0.05, 0) is 6.92 Å². The Morgan fingerprint density at radius 1 is 1.56 bits per heavy atom. The summed E-state index contributed by atoms with van der Waals surface area (Å²) in [4.78, 5) is 22.4. The number of aliphatic carboxylic acids is 1. The Bertz CT molecular complexity index is 393. The fourth-order valence-electron chi connectivity index (χ4n) is 1.32. The Morgan fingerprint density at radius 2 is 2.28 bits per heavy atom. The van der Waals surface area contributed by atoms with Crippen molar-refractivity contribution in [3.8, 4) is 0 Å². The van der Waals surface area contributed by atoms with Crippen LogP contribution in [0.4, 0.5) is 4.79 Å². The number of carboxylic acids is 1. The van der Waals surface area contributed by atoms with E-state index in [9.17, 15) is 9.59 Å². The smallest absolute Gasteiger partial charge is 0.328 e. The fraction of sp³-hybridized carbons (Fsp3) is 0.500. The summed E-state index contributed by atoms with van der Waals surface area (Å²) in [6, 6.07) is -1.93. The third kappa shape index (κ3) is 4.06. The van der Waals surface area contributed by atoms with E-state index in [0.717, 1.165) is 5.56 Å². The van der Waals surface area contributed by atoms with Gasteiger partial charge >= 0.3 is 12.0 Å². The van der Waals surface area contributed by atoms with E-state index >= 15 is 0 Å². The lowest BCUT2D eigenvalue weighted by molar-refractivity contribution is -0.140. The van der Waals surface area contributed by atoms with Gasteiger partial charge in [-0.2, -0.15) is 5.10 Å². The molecule has 0 aliphatic heterocycles. The van der Waals surface area contributed by atoms with Crippen LogP contribution in [0, 0.1) is 0 Å². The minimum atomic E-state index is -1.15. The van der Waals surface area contributed by atoms with Gasteiger partial charge in [-0.15, -0.1) is 0 Å². The maximum atomic E-state index is 11.6. The molecule has 18 heavy (non-hydrogen) atoms. The summed E-state index contributed by atoms with van der Waals surface area (Å²) in [5, 5.41) is 20.1. The first-order valence-electron chi connectivity index (χ1n) is 5.32. The summed E-state index contributed by atoms with van der Waals surface area (Å²) >= 11 is 0. The largest absolute Gasteiger partial charge is 0.480 e. The van der Waals surface area contributed by atoms with Gasteiger partial charge in [0.25, 0.3) is 0 Å². The monoisotopic (exact) mass is 256 g/mol. The van der Waals surface area contributed by atoms with Gasteiger partial charge in [0.2, 0.25) is 0 Å². The second-order valence-electron chi connectivity index (χ2n) is 3.72. The number of urea groups is 1. The first-order valence-corrected chi connectivity index (χ1v) is 5.32. The highest BCUT2D eigenvalue weighted by Gasteiger charge is 2.20. The number of carbonyl (C=O) groups is 2. The Kier molecular flexibility index (Phi) is 5.12. The van der Waals surface area contributed by atoms with Crippen molar-refractivity contribution in [2.24, 2.45) is 0 Å². The number of hydrogen-bond acceptors (Lipinski definition) is 4. The predicted molar refractivity (Wildman–Crippen MR) is 62.0 cm³/mol. The number of carbonyl (C=O) groups excluding carboxylic acids is 1. The number of methoxy groups -OCH3 is 1. The van der Waals surface area contributed by atoms with Gasteiger partial charge in [0, 0.05) is 18.9 Å². The lowest BCUT2D eigenvalue weighted by Crippen LogP contribution is -2.48. The van der Waals surface area contributed by atoms with E-state index in [-0.39, 0.29) is 12.6 Å². The molecule has 0 radical (unpaired) electrons. The molecule has 0 bridgehead atoms. The molecule has 0 saturated carbocycles. The van der Waals surface area contributed by atoms with Crippen molar-refractivity contribution in [2.45, 2.75) is 19.0 Å². The standard InChI is InChI=1S/C10H16N4O4/c1-6(7-3-11-12-4-7)13-10(17)14-8(5-18-2)9(15)16/h3-4,6,8H,5H2,1-2H3,(H,11,12)(H,15,16)(H2,13,14,17). The highest BCUT2D eigenvalue weighted by Crippen LogP contribution is 2.08. The molecular weight excluding hydrogens is 240 g/mol. The van der Waals surface area contributed by atoms with Crippen LogP contribution in [0.2, 0.25) is 0 Å². The number of nitrogens with one attached hydrogen (secondary N) is 3. The van der Waals surface area contributed by atoms with Crippen LogP contribution in [0.15, 0.2) is 12.4 Å². The normalized spacial score (nSPS) is 13.7. The van der Waals surface area contributed by atoms with Gasteiger partial charge in [-0.3, -0.25) is 5.10 Å². The Labute approximate surface area is 104 Å². The fourth-order valence-corrected chi connectivity index (χ4v) is 1.32. The highest BCUT2D eigenvalue weighted by atomic mass is 16.5. The maximum absolute atomic E-state index is 11.6. The second-order valence-corrected chi connectivity index (χ2v) is 3.72. The number of aromatic nitrogens is 2. The first kappa shape index (κ1) is 14.0. The number of hydrogen-bond donors (Lipinski definition) is 4. The molecule has 4 N–H and O–H groups in total. The number of carboxylic acid groups (broad SMARTS) is 1. The zero-order valence-electron chi connectivity index (χ0n) is 10.1. The van der Waals surface area contributed by atoms with Crippen LogP contribution in [0.25, 0.3) is 0 Å². The highest BCUT2D eigenvalue weighted by molar-refractivity contribution is 5.82. The number of rotatable bonds is 6. The summed E-state index contributed by atoms with van der Waals surface area (Å²) in [5.74, 6) is -1.15. The molecule has 1 aromatic rings. The first-order chi connectivity index (χ1) is 8.54. The summed E-state index contributed by atoms with van der Waals surface area (Å²) in [6.07, 6.45) is 3.23. The van der Waals surface area contributed by atoms with E-state index in [1.165, 1.54) is 7.11 Å². The minimum Gasteiger partial charge on any atom is -0.480 e. The minimum absolute atomic E-state index is 0.0944. The summed E-state index contributed by atoms with van der Waals surface area (Å²) in [5.41, 5.74) is 0.795. The molecule has 8 heteroatoms. The van der Waals surface area contributed by atoms with E-state index in [1.54, 1.807) is 19.3 Å². The Balaban J connectivity index is 2.47. The lowest BCUT2D eigenvalue weighted by atomic mass is 10.2. The zero-order valence-corrected chi connectivity index (χ0v) is 10.1. The molecule has 0 spiro atoms. The molecule has 0 saturated heterocycles. The molecule has 2 atom stereocenters. The van der Waals surface area contributed by atoms with Gasteiger partial charge in [0.1, 0.15) is 0 Å². The maximum Gasteiger partial charge on any atom is 0.328 e. The van der Waals surface area contributed by atoms with E-state index in [2.05, 4.69) is 20.8 Å². The van der Waals surface area contributed by atoms with Gasteiger partial charge in [-0.25, -0.2) is 9.59 Å². The molecule has 2 amide bonds. The van der Waals surface area contributed by atoms with Crippen molar-refractivity contribution < 1.29 is 19.4 Å². The predicted octanol–water partition coefficient (Wildman–Crippen LogP) is -0.130. The number of aromatic amines is 1. The van der Waals surface area contributed by atoms with Crippen molar-refractivity contribution in [1.29, 1.82) is 0 Å². The van der Waals surface area contributed by atoms with Crippen molar-refractivity contribution in [2.75, 3.05) is 13.7 Å². The van der Waals surface area contributed by atoms with Crippen LogP contribution < -0.4 is 10.6 Å². The third-order valence-corrected chi connectivity index (χ3v) is 2.30. The van der Waals surface area contributed by atoms with E-state index in [0.29, 0.717) is 0 Å². The average molecular weight is 256 g/mol. The summed E-state index contributed by atoms with van der Waals surface area (Å²) in [7, 11) is 1.36. The number of amides is 2. The Hall–Kier alpha value is -2.09. The molecule has 1 aromatic heterocycles. The molecule has 8 nitrogen and oxygen atoms in total. The van der Waals surface area contributed by atoms with Crippen LogP contribution in [0.3, 0.4) is 0 Å². The number of nitrogens with zero attached hydrogens (tertiary/aromatic N) is 1. The van der Waals surface area contributed by atoms with E-state index < -0.39 is 18.0 Å². The van der Waals surface area contributed by atoms with Gasteiger partial charge < -0.3 is 20.5 Å². The Morgan fingerprint density at radius 3 is 2.78 bits per heavy atom. The molecule has 0 aliphatic carbocycles. The molecule has 0 aliphatic rings. The van der Waals surface area contributed by atoms with Crippen molar-refractivity contribution in [3.63, 3.8) is 0 Å². The second kappa shape index (κ2) is 6.60. The third-order valence-electron chi connectivity index (χ3n) is 2.30. The van der Waals surface area contributed by atoms with Crippen LogP contribution in [-0.2, 0) is 9.53 Å². The van der Waals surface area contributed by atoms with E-state index in [4.69, 9.17) is 9.84 Å². The topological polar surface area (TPSA) is 116 Å². The van der Waals surface area contributed by atoms with Gasteiger partial charge in [0.05, 0.1) is 18.8 Å². The van der Waals surface area contributed by atoms with Crippen LogP contribution in [0.1, 0.15) is 18.5 Å². The molecule has 1 rings (SSSR count). The summed E-state index contributed by atoms with van der Waals surface area (Å²) in [6.45, 7) is 1.67. The lowest BCUT2D eigenvalue weighted by Gasteiger charge is -2.17.